The van der Waals surface area contributed by atoms with Crippen molar-refractivity contribution < 1.29 is 13.2 Å². The second kappa shape index (κ2) is 5.76. The molecule has 106 valence electrons. The number of benzene rings is 1. The normalized spacial score (nSPS) is 11.8. The molecule has 1 aromatic carbocycles. The maximum atomic E-state index is 13.1. The third kappa shape index (κ3) is 3.25. The Morgan fingerprint density at radius 3 is 2.45 bits per heavy atom. The van der Waals surface area contributed by atoms with E-state index >= 15 is 0 Å². The molecule has 0 radical (unpaired) electrons. The molecule has 2 rings (SSSR count). The number of halogens is 6. The smallest absolute Gasteiger partial charge is 0.232 e. The Kier molecular flexibility index (Phi) is 4.60. The first kappa shape index (κ1) is 16.0. The molecular weight excluding hydrogens is 471 g/mol. The Morgan fingerprint density at radius 2 is 1.90 bits per heavy atom. The second-order valence-corrected chi connectivity index (χ2v) is 6.28. The summed E-state index contributed by atoms with van der Waals surface area (Å²) in [5.41, 5.74) is -0.359. The fraction of sp³-hybridized carbons (Fsp3) is 0.167. The minimum atomic E-state index is -4.49. The topological polar surface area (TPSA) is 25.8 Å². The summed E-state index contributed by atoms with van der Waals surface area (Å²) in [6.45, 7) is 1.67. The minimum Gasteiger partial charge on any atom is -0.232 e. The summed E-state index contributed by atoms with van der Waals surface area (Å²) in [7, 11) is 0. The van der Waals surface area contributed by atoms with Gasteiger partial charge in [0.2, 0.25) is 0 Å². The van der Waals surface area contributed by atoms with Gasteiger partial charge in [-0.15, -0.1) is 0 Å². The van der Waals surface area contributed by atoms with Gasteiger partial charge in [-0.25, -0.2) is 9.97 Å². The summed E-state index contributed by atoms with van der Waals surface area (Å²) in [5, 5.41) is 0.143. The van der Waals surface area contributed by atoms with E-state index in [1.54, 1.807) is 6.92 Å². The van der Waals surface area contributed by atoms with Gasteiger partial charge >= 0.3 is 6.18 Å². The quantitative estimate of drug-likeness (QED) is 0.401. The summed E-state index contributed by atoms with van der Waals surface area (Å²) >= 11 is 10.9. The van der Waals surface area contributed by atoms with E-state index in [-0.39, 0.29) is 16.5 Å². The summed E-state index contributed by atoms with van der Waals surface area (Å²) < 4.78 is 40.2. The molecule has 0 unspecified atom stereocenters. The lowest BCUT2D eigenvalue weighted by Crippen LogP contribution is -2.09. The molecule has 0 amide bonds. The molecule has 1 heterocycles. The van der Waals surface area contributed by atoms with E-state index in [0.29, 0.717) is 13.7 Å². The molecule has 0 aliphatic rings. The van der Waals surface area contributed by atoms with Gasteiger partial charge in [0.1, 0.15) is 5.15 Å². The largest absolute Gasteiger partial charge is 0.417 e. The highest BCUT2D eigenvalue weighted by Gasteiger charge is 2.34. The van der Waals surface area contributed by atoms with Gasteiger partial charge in [-0.3, -0.25) is 0 Å². The van der Waals surface area contributed by atoms with E-state index in [0.717, 1.165) is 6.07 Å². The van der Waals surface area contributed by atoms with Crippen molar-refractivity contribution in [2.24, 2.45) is 0 Å². The Balaban J connectivity index is 2.70. The number of aromatic nitrogens is 2. The Bertz CT molecular complexity index is 653. The average molecular weight is 477 g/mol. The van der Waals surface area contributed by atoms with E-state index in [4.69, 9.17) is 11.6 Å². The van der Waals surface area contributed by atoms with Gasteiger partial charge in [0.15, 0.2) is 5.82 Å². The highest BCUT2D eigenvalue weighted by Crippen LogP contribution is 2.38. The maximum absolute atomic E-state index is 13.1. The predicted molar refractivity (Wildman–Crippen MR) is 82.6 cm³/mol. The molecule has 0 bridgehead atoms. The SMILES string of the molecule is Cc1nc(-c2ccc(Br)cc2C(F)(F)F)nc(Cl)c1I. The molecule has 1 aromatic heterocycles. The number of alkyl halides is 3. The zero-order valence-corrected chi connectivity index (χ0v) is 14.4. The van der Waals surface area contributed by atoms with Crippen LogP contribution in [0.25, 0.3) is 11.4 Å². The van der Waals surface area contributed by atoms with Crippen LogP contribution in [0.4, 0.5) is 13.2 Å². The molecule has 0 fully saturated rings. The standard InChI is InChI=1S/C12H6BrClF3IN2/c1-5-9(18)10(14)20-11(19-5)7-3-2-6(13)4-8(7)12(15,16)17/h2-4H,1H3. The zero-order valence-electron chi connectivity index (χ0n) is 9.89. The number of rotatable bonds is 1. The molecule has 2 nitrogen and oxygen atoms in total. The van der Waals surface area contributed by atoms with E-state index in [9.17, 15) is 13.2 Å². The van der Waals surface area contributed by atoms with Gasteiger partial charge in [-0.05, 0) is 47.7 Å². The van der Waals surface area contributed by atoms with E-state index in [1.165, 1.54) is 12.1 Å². The molecule has 2 aromatic rings. The van der Waals surface area contributed by atoms with Crippen LogP contribution in [0.1, 0.15) is 11.3 Å². The molecule has 0 N–H and O–H groups in total. The average Bonchev–Trinajstić information content (AvgIpc) is 2.34. The summed E-state index contributed by atoms with van der Waals surface area (Å²) in [6, 6.07) is 3.83. The van der Waals surface area contributed by atoms with Crippen LogP contribution in [0.5, 0.6) is 0 Å². The van der Waals surface area contributed by atoms with Crippen molar-refractivity contribution in [1.29, 1.82) is 0 Å². The van der Waals surface area contributed by atoms with Crippen molar-refractivity contribution in [3.8, 4) is 11.4 Å². The molecular formula is C12H6BrClF3IN2. The maximum Gasteiger partial charge on any atom is 0.417 e. The lowest BCUT2D eigenvalue weighted by atomic mass is 10.1. The van der Waals surface area contributed by atoms with Crippen LogP contribution in [-0.2, 0) is 6.18 Å². The summed E-state index contributed by atoms with van der Waals surface area (Å²) in [6.07, 6.45) is -4.49. The Morgan fingerprint density at radius 1 is 1.25 bits per heavy atom. The van der Waals surface area contributed by atoms with Crippen LogP contribution < -0.4 is 0 Å². The number of aryl methyl sites for hydroxylation is 1. The van der Waals surface area contributed by atoms with Crippen molar-refractivity contribution >= 4 is 50.1 Å². The van der Waals surface area contributed by atoms with Gasteiger partial charge < -0.3 is 0 Å². The molecule has 0 aliphatic heterocycles. The van der Waals surface area contributed by atoms with Crippen molar-refractivity contribution in [3.05, 3.63) is 42.7 Å². The minimum absolute atomic E-state index is 0.0345. The number of hydrogen-bond donors (Lipinski definition) is 0. The lowest BCUT2D eigenvalue weighted by molar-refractivity contribution is -0.137. The molecule has 0 atom stereocenters. The van der Waals surface area contributed by atoms with Gasteiger partial charge in [0.25, 0.3) is 0 Å². The fourth-order valence-electron chi connectivity index (χ4n) is 1.59. The van der Waals surface area contributed by atoms with E-state index in [1.807, 2.05) is 22.6 Å². The highest BCUT2D eigenvalue weighted by molar-refractivity contribution is 14.1. The molecule has 0 aliphatic carbocycles. The van der Waals surface area contributed by atoms with Crippen LogP contribution in [0, 0.1) is 10.5 Å². The second-order valence-electron chi connectivity index (χ2n) is 3.93. The van der Waals surface area contributed by atoms with E-state index < -0.39 is 11.7 Å². The van der Waals surface area contributed by atoms with Crippen LogP contribution in [-0.4, -0.2) is 9.97 Å². The Hall–Kier alpha value is -0.410. The van der Waals surface area contributed by atoms with E-state index in [2.05, 4.69) is 25.9 Å². The monoisotopic (exact) mass is 476 g/mol. The molecule has 20 heavy (non-hydrogen) atoms. The van der Waals surface area contributed by atoms with Crippen molar-refractivity contribution in [1.82, 2.24) is 9.97 Å². The summed E-state index contributed by atoms with van der Waals surface area (Å²) in [5.74, 6) is -0.0345. The first-order chi connectivity index (χ1) is 9.20. The molecule has 8 heteroatoms. The third-order valence-corrected chi connectivity index (χ3v) is 4.88. The first-order valence-corrected chi connectivity index (χ1v) is 7.52. The van der Waals surface area contributed by atoms with Gasteiger partial charge in [0, 0.05) is 10.0 Å². The molecule has 0 saturated carbocycles. The highest BCUT2D eigenvalue weighted by atomic mass is 127. The van der Waals surface area contributed by atoms with Crippen LogP contribution in [0.2, 0.25) is 5.15 Å². The van der Waals surface area contributed by atoms with Crippen molar-refractivity contribution in [2.45, 2.75) is 13.1 Å². The molecule has 0 saturated heterocycles. The van der Waals surface area contributed by atoms with Crippen molar-refractivity contribution in [3.63, 3.8) is 0 Å². The first-order valence-electron chi connectivity index (χ1n) is 5.27. The van der Waals surface area contributed by atoms with Gasteiger partial charge in [-0.1, -0.05) is 27.5 Å². The predicted octanol–water partition coefficient (Wildman–Crippen LogP) is 5.49. The van der Waals surface area contributed by atoms with Crippen LogP contribution >= 0.6 is 50.1 Å². The third-order valence-electron chi connectivity index (χ3n) is 2.50. The lowest BCUT2D eigenvalue weighted by Gasteiger charge is -2.13. The van der Waals surface area contributed by atoms with Gasteiger partial charge in [-0.2, -0.15) is 13.2 Å². The molecule has 0 spiro atoms. The number of hydrogen-bond acceptors (Lipinski definition) is 2. The van der Waals surface area contributed by atoms with Gasteiger partial charge in [0.05, 0.1) is 14.8 Å². The van der Waals surface area contributed by atoms with Crippen molar-refractivity contribution in [2.75, 3.05) is 0 Å². The van der Waals surface area contributed by atoms with Crippen LogP contribution in [0.15, 0.2) is 22.7 Å². The zero-order chi connectivity index (χ0) is 15.1. The summed E-state index contributed by atoms with van der Waals surface area (Å²) in [4.78, 5) is 8.03. The Labute approximate surface area is 140 Å². The fourth-order valence-corrected chi connectivity index (χ4v) is 2.41. The number of nitrogens with zero attached hydrogens (tertiary/aromatic N) is 2. The van der Waals surface area contributed by atoms with Crippen LogP contribution in [0.3, 0.4) is 0 Å².